The average molecular weight is 264 g/mol. The molecule has 8 nitrogen and oxygen atoms in total. The fraction of sp³-hybridized carbons (Fsp3) is 0.364. The van der Waals surface area contributed by atoms with Crippen LogP contribution in [0.25, 0.3) is 0 Å². The third-order valence-corrected chi connectivity index (χ3v) is 2.62. The number of anilines is 2. The van der Waals surface area contributed by atoms with Crippen molar-refractivity contribution < 1.29 is 9.53 Å². The number of carbonyl (C=O) groups excluding carboxylic acids is 1. The van der Waals surface area contributed by atoms with Crippen LogP contribution in [-0.4, -0.2) is 39.6 Å². The number of nitrogens with two attached hydrogens (primary N) is 1. The lowest BCUT2D eigenvalue weighted by Crippen LogP contribution is -2.14. The van der Waals surface area contributed by atoms with Crippen molar-refractivity contribution in [1.29, 1.82) is 0 Å². The maximum atomic E-state index is 12.0. The number of H-pyrrole nitrogens is 1. The van der Waals surface area contributed by atoms with E-state index >= 15 is 0 Å². The average Bonchev–Trinajstić information content (AvgIpc) is 2.94. The number of rotatable bonds is 5. The van der Waals surface area contributed by atoms with Gasteiger partial charge in [0.1, 0.15) is 5.56 Å². The molecule has 0 fully saturated rings. The second kappa shape index (κ2) is 5.53. The van der Waals surface area contributed by atoms with Gasteiger partial charge in [-0.05, 0) is 6.92 Å². The molecule has 4 N–H and O–H groups in total. The first-order valence-corrected chi connectivity index (χ1v) is 5.75. The van der Waals surface area contributed by atoms with Crippen LogP contribution in [-0.2, 0) is 11.3 Å². The highest BCUT2D eigenvalue weighted by molar-refractivity contribution is 6.07. The quantitative estimate of drug-likeness (QED) is 0.723. The Labute approximate surface area is 109 Å². The van der Waals surface area contributed by atoms with Crippen molar-refractivity contribution in [3.63, 3.8) is 0 Å². The minimum atomic E-state index is -0.310. The number of aryl methyl sites for hydroxylation is 1. The predicted octanol–water partition coefficient (Wildman–Crippen LogP) is 0.396. The maximum absolute atomic E-state index is 12.0. The maximum Gasteiger partial charge on any atom is 0.261 e. The fourth-order valence-electron chi connectivity index (χ4n) is 1.66. The van der Waals surface area contributed by atoms with Gasteiger partial charge < -0.3 is 15.8 Å². The molecule has 0 saturated heterocycles. The van der Waals surface area contributed by atoms with E-state index in [2.05, 4.69) is 20.6 Å². The number of aromatic nitrogens is 4. The number of ether oxygens (including phenoxy) is 1. The molecule has 0 spiro atoms. The van der Waals surface area contributed by atoms with E-state index in [4.69, 9.17) is 10.5 Å². The number of hydrogen-bond donors (Lipinski definition) is 3. The summed E-state index contributed by atoms with van der Waals surface area (Å²) in [5, 5.41) is 13.3. The molecule has 0 bridgehead atoms. The van der Waals surface area contributed by atoms with Crippen LogP contribution in [0, 0.1) is 6.92 Å². The van der Waals surface area contributed by atoms with Crippen molar-refractivity contribution in [2.75, 3.05) is 24.8 Å². The number of amides is 1. The second-order valence-electron chi connectivity index (χ2n) is 4.05. The number of carbonyl (C=O) groups is 1. The van der Waals surface area contributed by atoms with Crippen LogP contribution >= 0.6 is 0 Å². The normalized spacial score (nSPS) is 10.6. The third-order valence-electron chi connectivity index (χ3n) is 2.62. The molecule has 2 rings (SSSR count). The van der Waals surface area contributed by atoms with Crippen LogP contribution in [0.4, 0.5) is 11.5 Å². The molecule has 1 amide bonds. The van der Waals surface area contributed by atoms with Gasteiger partial charge in [-0.25, -0.2) is 0 Å². The summed E-state index contributed by atoms with van der Waals surface area (Å²) in [6, 6.07) is 0. The summed E-state index contributed by atoms with van der Waals surface area (Å²) >= 11 is 0. The molecule has 0 saturated carbocycles. The highest BCUT2D eigenvalue weighted by Crippen LogP contribution is 2.15. The molecule has 0 aliphatic heterocycles. The number of nitrogens with zero attached hydrogens (tertiary/aromatic N) is 3. The molecule has 0 aliphatic rings. The van der Waals surface area contributed by atoms with Gasteiger partial charge in [0.05, 0.1) is 25.0 Å². The van der Waals surface area contributed by atoms with Crippen molar-refractivity contribution in [2.24, 2.45) is 0 Å². The van der Waals surface area contributed by atoms with Crippen LogP contribution in [0.1, 0.15) is 16.1 Å². The van der Waals surface area contributed by atoms with Gasteiger partial charge in [0.2, 0.25) is 0 Å². The predicted molar refractivity (Wildman–Crippen MR) is 69.8 cm³/mol. The van der Waals surface area contributed by atoms with E-state index in [-0.39, 0.29) is 11.7 Å². The first-order chi connectivity index (χ1) is 9.11. The molecule has 2 heterocycles. The summed E-state index contributed by atoms with van der Waals surface area (Å²) in [5.74, 6) is -0.128. The van der Waals surface area contributed by atoms with E-state index in [1.165, 1.54) is 0 Å². The Morgan fingerprint density at radius 1 is 1.63 bits per heavy atom. The highest BCUT2D eigenvalue weighted by atomic mass is 16.5. The van der Waals surface area contributed by atoms with Gasteiger partial charge in [0, 0.05) is 19.0 Å². The van der Waals surface area contributed by atoms with Gasteiger partial charge in [-0.1, -0.05) is 0 Å². The Hall–Kier alpha value is -2.35. The molecule has 2 aromatic heterocycles. The Balaban J connectivity index is 2.05. The van der Waals surface area contributed by atoms with E-state index in [0.29, 0.717) is 30.1 Å². The van der Waals surface area contributed by atoms with Gasteiger partial charge in [0.15, 0.2) is 5.82 Å². The van der Waals surface area contributed by atoms with Crippen LogP contribution in [0.15, 0.2) is 12.4 Å². The number of nitrogen functional groups attached to an aromatic ring is 1. The van der Waals surface area contributed by atoms with E-state index in [9.17, 15) is 4.79 Å². The summed E-state index contributed by atoms with van der Waals surface area (Å²) in [6.45, 7) is 2.92. The molecule has 102 valence electrons. The Morgan fingerprint density at radius 3 is 3.05 bits per heavy atom. The lowest BCUT2D eigenvalue weighted by atomic mass is 10.2. The van der Waals surface area contributed by atoms with Crippen molar-refractivity contribution in [3.8, 4) is 0 Å². The zero-order valence-electron chi connectivity index (χ0n) is 10.8. The topological polar surface area (TPSA) is 111 Å². The van der Waals surface area contributed by atoms with Crippen LogP contribution < -0.4 is 11.1 Å². The molecule has 0 aromatic carbocycles. The van der Waals surface area contributed by atoms with Gasteiger partial charge in [-0.15, -0.1) is 0 Å². The lowest BCUT2D eigenvalue weighted by Gasteiger charge is -2.02. The summed E-state index contributed by atoms with van der Waals surface area (Å²) < 4.78 is 6.63. The molecule has 0 unspecified atom stereocenters. The number of aromatic amines is 1. The van der Waals surface area contributed by atoms with Crippen molar-refractivity contribution in [2.45, 2.75) is 13.5 Å². The molecule has 19 heavy (non-hydrogen) atoms. The molecule has 8 heteroatoms. The van der Waals surface area contributed by atoms with Gasteiger partial charge in [-0.3, -0.25) is 14.6 Å². The number of hydrogen-bond acceptors (Lipinski definition) is 5. The van der Waals surface area contributed by atoms with E-state index in [1.54, 1.807) is 31.1 Å². The van der Waals surface area contributed by atoms with Crippen LogP contribution in [0.5, 0.6) is 0 Å². The van der Waals surface area contributed by atoms with Gasteiger partial charge in [-0.2, -0.15) is 10.2 Å². The zero-order valence-corrected chi connectivity index (χ0v) is 10.8. The van der Waals surface area contributed by atoms with Crippen LogP contribution in [0.3, 0.4) is 0 Å². The Morgan fingerprint density at radius 2 is 2.42 bits per heavy atom. The smallest absolute Gasteiger partial charge is 0.261 e. The number of methoxy groups -OCH3 is 1. The summed E-state index contributed by atoms with van der Waals surface area (Å²) in [7, 11) is 1.62. The lowest BCUT2D eigenvalue weighted by molar-refractivity contribution is 0.102. The minimum Gasteiger partial charge on any atom is -0.383 e. The van der Waals surface area contributed by atoms with Crippen molar-refractivity contribution in [1.82, 2.24) is 20.0 Å². The third kappa shape index (κ3) is 2.91. The standard InChI is InChI=1S/C11H16N6O2/c1-7-9(10(12)16-15-7)11(18)14-8-5-13-17(6-8)3-4-19-2/h5-6H,3-4H2,1-2H3,(H,14,18)(H3,12,15,16). The van der Waals surface area contributed by atoms with E-state index in [1.807, 2.05) is 0 Å². The summed E-state index contributed by atoms with van der Waals surface area (Å²) in [4.78, 5) is 12.0. The number of nitrogens with one attached hydrogen (secondary N) is 2. The summed E-state index contributed by atoms with van der Waals surface area (Å²) in [5.41, 5.74) is 7.20. The molecular weight excluding hydrogens is 248 g/mol. The molecule has 0 radical (unpaired) electrons. The first-order valence-electron chi connectivity index (χ1n) is 5.75. The first kappa shape index (κ1) is 13.1. The molecule has 0 aliphatic carbocycles. The zero-order chi connectivity index (χ0) is 13.8. The molecular formula is C11H16N6O2. The highest BCUT2D eigenvalue weighted by Gasteiger charge is 2.16. The van der Waals surface area contributed by atoms with Gasteiger partial charge >= 0.3 is 0 Å². The molecule has 2 aromatic rings. The summed E-state index contributed by atoms with van der Waals surface area (Å²) in [6.07, 6.45) is 3.29. The Kier molecular flexibility index (Phi) is 3.81. The largest absolute Gasteiger partial charge is 0.383 e. The van der Waals surface area contributed by atoms with Gasteiger partial charge in [0.25, 0.3) is 5.91 Å². The Bertz CT molecular complexity index is 554. The second-order valence-corrected chi connectivity index (χ2v) is 4.05. The van der Waals surface area contributed by atoms with Crippen molar-refractivity contribution >= 4 is 17.4 Å². The van der Waals surface area contributed by atoms with Crippen LogP contribution in [0.2, 0.25) is 0 Å². The van der Waals surface area contributed by atoms with E-state index < -0.39 is 0 Å². The SMILES string of the molecule is COCCn1cc(NC(=O)c2c(N)n[nH]c2C)cn1. The monoisotopic (exact) mass is 264 g/mol. The molecule has 0 atom stereocenters. The minimum absolute atomic E-state index is 0.182. The van der Waals surface area contributed by atoms with E-state index in [0.717, 1.165) is 0 Å². The van der Waals surface area contributed by atoms with Crippen molar-refractivity contribution in [3.05, 3.63) is 23.7 Å². The fourth-order valence-corrected chi connectivity index (χ4v) is 1.66.